The van der Waals surface area contributed by atoms with E-state index in [9.17, 15) is 26.4 Å². The van der Waals surface area contributed by atoms with E-state index >= 15 is 0 Å². The van der Waals surface area contributed by atoms with Gasteiger partial charge in [-0.1, -0.05) is 0 Å². The van der Waals surface area contributed by atoms with Crippen LogP contribution < -0.4 is 4.72 Å². The molecule has 0 bridgehead atoms. The second-order valence-corrected chi connectivity index (χ2v) is 6.97. The molecular formula is C10H12F3NO4S2. The van der Waals surface area contributed by atoms with Crippen molar-refractivity contribution in [1.29, 1.82) is 0 Å². The normalized spacial score (nSPS) is 12.6. The number of carbonyl (C=O) groups is 1. The molecule has 0 spiro atoms. The summed E-state index contributed by atoms with van der Waals surface area (Å²) in [4.78, 5) is 10.5. The van der Waals surface area contributed by atoms with Gasteiger partial charge in [-0.05, 0) is 25.0 Å². The number of carboxylic acid groups (broad SMARTS) is 1. The first-order valence-corrected chi connectivity index (χ1v) is 7.81. The molecule has 1 aromatic rings. The van der Waals surface area contributed by atoms with Crippen LogP contribution in [-0.2, 0) is 10.0 Å². The zero-order valence-corrected chi connectivity index (χ0v) is 11.7. The van der Waals surface area contributed by atoms with Crippen LogP contribution in [0.15, 0.2) is 16.3 Å². The third kappa shape index (κ3) is 5.47. The van der Waals surface area contributed by atoms with Crippen molar-refractivity contribution < 1.29 is 31.5 Å². The molecule has 0 unspecified atom stereocenters. The smallest absolute Gasteiger partial charge is 0.389 e. The Morgan fingerprint density at radius 3 is 2.45 bits per heavy atom. The molecule has 114 valence electrons. The van der Waals surface area contributed by atoms with Crippen molar-refractivity contribution in [3.63, 3.8) is 0 Å². The topological polar surface area (TPSA) is 83.5 Å². The second kappa shape index (κ2) is 6.55. The number of carboxylic acids is 1. The number of rotatable bonds is 7. The van der Waals surface area contributed by atoms with Crippen LogP contribution in [0, 0.1) is 0 Å². The maximum Gasteiger partial charge on any atom is 0.389 e. The van der Waals surface area contributed by atoms with Crippen molar-refractivity contribution in [2.75, 3.05) is 6.54 Å². The van der Waals surface area contributed by atoms with Gasteiger partial charge in [-0.2, -0.15) is 13.2 Å². The Kier molecular flexibility index (Phi) is 5.54. The zero-order chi connectivity index (χ0) is 15.4. The van der Waals surface area contributed by atoms with Gasteiger partial charge in [-0.25, -0.2) is 17.9 Å². The van der Waals surface area contributed by atoms with Crippen molar-refractivity contribution >= 4 is 27.3 Å². The number of aromatic carboxylic acids is 1. The molecule has 1 aromatic heterocycles. The van der Waals surface area contributed by atoms with E-state index in [1.807, 2.05) is 0 Å². The van der Waals surface area contributed by atoms with E-state index in [1.165, 1.54) is 0 Å². The van der Waals surface area contributed by atoms with Gasteiger partial charge in [0.15, 0.2) is 0 Å². The quantitative estimate of drug-likeness (QED) is 0.752. The maximum absolute atomic E-state index is 11.9. The summed E-state index contributed by atoms with van der Waals surface area (Å²) in [7, 11) is -3.86. The first-order chi connectivity index (χ1) is 9.12. The molecule has 0 aromatic carbocycles. The summed E-state index contributed by atoms with van der Waals surface area (Å²) >= 11 is 0.586. The van der Waals surface area contributed by atoms with Gasteiger partial charge in [-0.15, -0.1) is 11.3 Å². The van der Waals surface area contributed by atoms with Gasteiger partial charge in [0.25, 0.3) is 0 Å². The Morgan fingerprint density at radius 2 is 1.95 bits per heavy atom. The summed E-state index contributed by atoms with van der Waals surface area (Å²) in [6.45, 7) is -0.126. The van der Waals surface area contributed by atoms with Crippen LogP contribution in [0.4, 0.5) is 13.2 Å². The molecule has 1 heterocycles. The highest BCUT2D eigenvalue weighted by atomic mass is 32.2. The number of alkyl halides is 3. The molecule has 1 rings (SSSR count). The maximum atomic E-state index is 11.9. The van der Waals surface area contributed by atoms with E-state index in [-0.39, 0.29) is 28.5 Å². The average molecular weight is 331 g/mol. The van der Waals surface area contributed by atoms with E-state index in [0.29, 0.717) is 11.3 Å². The minimum Gasteiger partial charge on any atom is -0.477 e. The molecule has 0 aliphatic carbocycles. The van der Waals surface area contributed by atoms with E-state index in [4.69, 9.17) is 5.11 Å². The molecule has 0 radical (unpaired) electrons. The van der Waals surface area contributed by atoms with Gasteiger partial charge in [-0.3, -0.25) is 0 Å². The second-order valence-electron chi connectivity index (χ2n) is 3.89. The lowest BCUT2D eigenvalue weighted by Crippen LogP contribution is -2.24. The van der Waals surface area contributed by atoms with Crippen LogP contribution in [0.5, 0.6) is 0 Å². The van der Waals surface area contributed by atoms with Crippen LogP contribution in [0.25, 0.3) is 0 Å². The Balaban J connectivity index is 2.47. The number of hydrogen-bond donors (Lipinski definition) is 2. The number of unbranched alkanes of at least 4 members (excludes halogenated alkanes) is 1. The van der Waals surface area contributed by atoms with Gasteiger partial charge in [0.05, 0.1) is 0 Å². The van der Waals surface area contributed by atoms with Crippen LogP contribution in [0.1, 0.15) is 28.9 Å². The Bertz CT molecular complexity index is 565. The van der Waals surface area contributed by atoms with Gasteiger partial charge >= 0.3 is 12.1 Å². The van der Waals surface area contributed by atoms with Gasteiger partial charge in [0.1, 0.15) is 9.09 Å². The summed E-state index contributed by atoms with van der Waals surface area (Å²) in [5.74, 6) is -1.23. The van der Waals surface area contributed by atoms with Crippen molar-refractivity contribution in [2.24, 2.45) is 0 Å². The molecule has 10 heteroatoms. The fourth-order valence-corrected chi connectivity index (χ4v) is 3.57. The average Bonchev–Trinajstić information content (AvgIpc) is 2.76. The molecule has 0 amide bonds. The lowest BCUT2D eigenvalue weighted by atomic mass is 10.2. The van der Waals surface area contributed by atoms with E-state index in [0.717, 1.165) is 12.1 Å². The fourth-order valence-electron chi connectivity index (χ4n) is 1.31. The SMILES string of the molecule is O=C(O)c1ccc(S(=O)(=O)NCCCCC(F)(F)F)s1. The molecule has 0 fully saturated rings. The van der Waals surface area contributed by atoms with E-state index in [2.05, 4.69) is 4.72 Å². The molecule has 0 aliphatic heterocycles. The van der Waals surface area contributed by atoms with Crippen LogP contribution in [0.3, 0.4) is 0 Å². The van der Waals surface area contributed by atoms with Gasteiger partial charge in [0, 0.05) is 13.0 Å². The molecule has 0 aliphatic rings. The Morgan fingerprint density at radius 1 is 1.30 bits per heavy atom. The van der Waals surface area contributed by atoms with Crippen molar-refractivity contribution in [3.8, 4) is 0 Å². The van der Waals surface area contributed by atoms with Crippen molar-refractivity contribution in [3.05, 3.63) is 17.0 Å². The highest BCUT2D eigenvalue weighted by Crippen LogP contribution is 2.23. The Labute approximate surface area is 117 Å². The molecule has 0 saturated carbocycles. The molecular weight excluding hydrogens is 319 g/mol. The zero-order valence-electron chi connectivity index (χ0n) is 10.1. The summed E-state index contributed by atoms with van der Waals surface area (Å²) in [6, 6.07) is 2.30. The first-order valence-electron chi connectivity index (χ1n) is 5.51. The minimum absolute atomic E-state index is 0.0515. The number of thiophene rings is 1. The number of sulfonamides is 1. The van der Waals surface area contributed by atoms with Crippen molar-refractivity contribution in [1.82, 2.24) is 4.72 Å². The predicted octanol–water partition coefficient (Wildman–Crippen LogP) is 2.46. The number of hydrogen-bond acceptors (Lipinski definition) is 4. The number of nitrogens with one attached hydrogen (secondary N) is 1. The third-order valence-electron chi connectivity index (χ3n) is 2.24. The third-order valence-corrected chi connectivity index (χ3v) is 5.26. The summed E-state index contributed by atoms with van der Waals surface area (Å²) < 4.78 is 61.0. The molecule has 2 N–H and O–H groups in total. The molecule has 0 atom stereocenters. The highest BCUT2D eigenvalue weighted by Gasteiger charge is 2.26. The van der Waals surface area contributed by atoms with Crippen molar-refractivity contribution in [2.45, 2.75) is 29.6 Å². The largest absolute Gasteiger partial charge is 0.477 e. The standard InChI is InChI=1S/C10H12F3NO4S2/c11-10(12,13)5-1-2-6-14-20(17,18)8-4-3-7(19-8)9(15)16/h3-4,14H,1-2,5-6H2,(H,15,16). The lowest BCUT2D eigenvalue weighted by molar-refractivity contribution is -0.135. The first kappa shape index (κ1) is 16.9. The van der Waals surface area contributed by atoms with Crippen LogP contribution >= 0.6 is 11.3 Å². The summed E-state index contributed by atoms with van der Waals surface area (Å²) in [5, 5.41) is 8.67. The summed E-state index contributed by atoms with van der Waals surface area (Å²) in [5.41, 5.74) is 0. The highest BCUT2D eigenvalue weighted by molar-refractivity contribution is 7.91. The lowest BCUT2D eigenvalue weighted by Gasteiger charge is -2.06. The Hall–Kier alpha value is -1.13. The molecule has 5 nitrogen and oxygen atoms in total. The monoisotopic (exact) mass is 331 g/mol. The van der Waals surface area contributed by atoms with Gasteiger partial charge in [0.2, 0.25) is 10.0 Å². The van der Waals surface area contributed by atoms with Crippen LogP contribution in [0.2, 0.25) is 0 Å². The number of halogens is 3. The summed E-state index contributed by atoms with van der Waals surface area (Å²) in [6.07, 6.45) is -5.33. The predicted molar refractivity (Wildman–Crippen MR) is 66.4 cm³/mol. The molecule has 0 saturated heterocycles. The fraction of sp³-hybridized carbons (Fsp3) is 0.500. The van der Waals surface area contributed by atoms with E-state index in [1.54, 1.807) is 0 Å². The van der Waals surface area contributed by atoms with E-state index < -0.39 is 28.6 Å². The van der Waals surface area contributed by atoms with Gasteiger partial charge < -0.3 is 5.11 Å². The van der Waals surface area contributed by atoms with Crippen LogP contribution in [-0.4, -0.2) is 32.2 Å². The molecule has 20 heavy (non-hydrogen) atoms. The minimum atomic E-state index is -4.25.